The lowest BCUT2D eigenvalue weighted by Gasteiger charge is -2.49. The molecule has 0 bridgehead atoms. The number of hydrogen-bond acceptors (Lipinski definition) is 7. The maximum Gasteiger partial charge on any atom is 0.352 e. The number of nitrogens with one attached hydrogen (secondary N) is 2. The Bertz CT molecular complexity index is 742. The van der Waals surface area contributed by atoms with Gasteiger partial charge in [0.2, 0.25) is 0 Å². The Morgan fingerprint density at radius 3 is 2.92 bits per heavy atom. The van der Waals surface area contributed by atoms with E-state index >= 15 is 0 Å². The van der Waals surface area contributed by atoms with Gasteiger partial charge in [-0.15, -0.1) is 22.0 Å². The SMILES string of the molecule is O=C(O)C1=C(CSc2nnc[nH]2)CS[C@@H]2C(NC(=O)C(Cl)Cl)C(=O)N12. The molecule has 0 radical (unpaired) electrons. The van der Waals surface area contributed by atoms with Crippen LogP contribution in [0.1, 0.15) is 0 Å². The van der Waals surface area contributed by atoms with Crippen molar-refractivity contribution in [3.8, 4) is 0 Å². The molecule has 9 nitrogen and oxygen atoms in total. The van der Waals surface area contributed by atoms with Crippen LogP contribution in [0.15, 0.2) is 22.8 Å². The van der Waals surface area contributed by atoms with Crippen LogP contribution in [0.4, 0.5) is 0 Å². The highest BCUT2D eigenvalue weighted by molar-refractivity contribution is 8.01. The molecule has 13 heteroatoms. The summed E-state index contributed by atoms with van der Waals surface area (Å²) in [7, 11) is 0. The van der Waals surface area contributed by atoms with E-state index in [2.05, 4.69) is 20.5 Å². The Morgan fingerprint density at radius 2 is 2.32 bits per heavy atom. The third-order valence-corrected chi connectivity index (χ3v) is 6.22. The number of carboxylic acids is 1. The third kappa shape index (κ3) is 3.59. The Morgan fingerprint density at radius 1 is 1.56 bits per heavy atom. The summed E-state index contributed by atoms with van der Waals surface area (Å²) in [6, 6.07) is -0.838. The number of carbonyl (C=O) groups excluding carboxylic acids is 2. The van der Waals surface area contributed by atoms with Crippen LogP contribution in [0.25, 0.3) is 0 Å². The molecule has 3 rings (SSSR count). The normalized spacial score (nSPS) is 22.7. The van der Waals surface area contributed by atoms with Gasteiger partial charge < -0.3 is 15.4 Å². The first kappa shape index (κ1) is 18.4. The number of rotatable bonds is 6. The van der Waals surface area contributed by atoms with E-state index in [4.69, 9.17) is 23.2 Å². The van der Waals surface area contributed by atoms with E-state index < -0.39 is 34.0 Å². The first-order valence-electron chi connectivity index (χ1n) is 6.87. The molecular weight excluding hydrogens is 413 g/mol. The molecule has 1 aromatic heterocycles. The van der Waals surface area contributed by atoms with Crippen LogP contribution in [-0.4, -0.2) is 70.7 Å². The molecule has 0 aliphatic carbocycles. The molecule has 0 saturated carbocycles. The average Bonchev–Trinajstić information content (AvgIpc) is 3.09. The van der Waals surface area contributed by atoms with Crippen LogP contribution >= 0.6 is 46.7 Å². The summed E-state index contributed by atoms with van der Waals surface area (Å²) in [5.41, 5.74) is 0.542. The van der Waals surface area contributed by atoms with Crippen LogP contribution in [0.3, 0.4) is 0 Å². The largest absolute Gasteiger partial charge is 0.477 e. The summed E-state index contributed by atoms with van der Waals surface area (Å²) in [5.74, 6) is -1.62. The highest BCUT2D eigenvalue weighted by Gasteiger charge is 2.54. The van der Waals surface area contributed by atoms with Gasteiger partial charge in [-0.25, -0.2) is 4.79 Å². The van der Waals surface area contributed by atoms with Crippen molar-refractivity contribution in [3.63, 3.8) is 0 Å². The number of hydrogen-bond donors (Lipinski definition) is 3. The van der Waals surface area contributed by atoms with Crippen molar-refractivity contribution in [2.45, 2.75) is 21.4 Å². The summed E-state index contributed by atoms with van der Waals surface area (Å²) in [4.78, 5) is 38.3. The monoisotopic (exact) mass is 423 g/mol. The van der Waals surface area contributed by atoms with Crippen molar-refractivity contribution in [1.82, 2.24) is 25.4 Å². The molecule has 2 aliphatic rings. The summed E-state index contributed by atoms with van der Waals surface area (Å²) < 4.78 is 0. The first-order chi connectivity index (χ1) is 11.9. The number of carbonyl (C=O) groups is 3. The molecule has 134 valence electrons. The predicted octanol–water partition coefficient (Wildman–Crippen LogP) is 0.439. The molecule has 0 aromatic carbocycles. The zero-order chi connectivity index (χ0) is 18.1. The van der Waals surface area contributed by atoms with Gasteiger partial charge >= 0.3 is 5.97 Å². The summed E-state index contributed by atoms with van der Waals surface area (Å²) in [6.45, 7) is 0. The Balaban J connectivity index is 1.75. The van der Waals surface area contributed by atoms with Crippen molar-refractivity contribution >= 4 is 64.5 Å². The van der Waals surface area contributed by atoms with E-state index in [0.29, 0.717) is 22.2 Å². The minimum Gasteiger partial charge on any atom is -0.477 e. The van der Waals surface area contributed by atoms with Crippen LogP contribution in [0.5, 0.6) is 0 Å². The number of nitrogens with zero attached hydrogens (tertiary/aromatic N) is 3. The van der Waals surface area contributed by atoms with Gasteiger partial charge in [-0.3, -0.25) is 14.5 Å². The highest BCUT2D eigenvalue weighted by Crippen LogP contribution is 2.41. The number of aromatic nitrogens is 3. The van der Waals surface area contributed by atoms with Crippen LogP contribution in [0, 0.1) is 0 Å². The zero-order valence-electron chi connectivity index (χ0n) is 12.3. The molecule has 1 fully saturated rings. The lowest BCUT2D eigenvalue weighted by molar-refractivity contribution is -0.150. The number of β-lactam (4-membered cyclic amide) rings is 1. The van der Waals surface area contributed by atoms with E-state index in [1.54, 1.807) is 0 Å². The molecular formula is C12H11Cl2N5O4S2. The lowest BCUT2D eigenvalue weighted by atomic mass is 10.0. The second kappa shape index (κ2) is 7.44. The van der Waals surface area contributed by atoms with Crippen molar-refractivity contribution in [3.05, 3.63) is 17.6 Å². The molecule has 2 atom stereocenters. The molecule has 1 aromatic rings. The topological polar surface area (TPSA) is 128 Å². The van der Waals surface area contributed by atoms with Crippen LogP contribution < -0.4 is 5.32 Å². The summed E-state index contributed by atoms with van der Waals surface area (Å²) >= 11 is 13.6. The molecule has 1 saturated heterocycles. The number of amides is 2. The van der Waals surface area contributed by atoms with E-state index in [9.17, 15) is 19.5 Å². The van der Waals surface area contributed by atoms with Gasteiger partial charge in [-0.2, -0.15) is 0 Å². The minimum absolute atomic E-state index is 0.0560. The number of halogens is 2. The van der Waals surface area contributed by atoms with E-state index in [1.807, 2.05) is 0 Å². The molecule has 2 aliphatic heterocycles. The van der Waals surface area contributed by atoms with Gasteiger partial charge in [-0.05, 0) is 5.57 Å². The van der Waals surface area contributed by atoms with Gasteiger partial charge in [0.25, 0.3) is 11.8 Å². The predicted molar refractivity (Wildman–Crippen MR) is 92.3 cm³/mol. The van der Waals surface area contributed by atoms with Gasteiger partial charge in [0.15, 0.2) is 9.99 Å². The van der Waals surface area contributed by atoms with E-state index in [0.717, 1.165) is 0 Å². The molecule has 3 heterocycles. The fourth-order valence-corrected chi connectivity index (χ4v) is 4.82. The Labute approximate surface area is 159 Å². The first-order valence-corrected chi connectivity index (χ1v) is 9.78. The fraction of sp³-hybridized carbons (Fsp3) is 0.417. The standard InChI is InChI=1S/C12H11Cl2N5O4S2/c13-7(14)8(20)17-5-9(21)19-6(11(22)23)4(1-24-10(5)19)2-25-12-15-3-16-18-12/h3,5,7,10H,1-2H2,(H,17,20)(H,22,23)(H,15,16,18)/t5?,10-/m1/s1. The van der Waals surface area contributed by atoms with Crippen molar-refractivity contribution < 1.29 is 19.5 Å². The lowest BCUT2D eigenvalue weighted by Crippen LogP contribution is -2.71. The maximum absolute atomic E-state index is 12.3. The molecule has 1 unspecified atom stereocenters. The van der Waals surface area contributed by atoms with E-state index in [-0.39, 0.29) is 5.70 Å². The van der Waals surface area contributed by atoms with E-state index in [1.165, 1.54) is 34.8 Å². The number of aromatic amines is 1. The van der Waals surface area contributed by atoms with Gasteiger partial charge in [0.05, 0.1) is 0 Å². The van der Waals surface area contributed by atoms with Crippen molar-refractivity contribution in [2.24, 2.45) is 0 Å². The number of thioether (sulfide) groups is 2. The van der Waals surface area contributed by atoms with Gasteiger partial charge in [-0.1, -0.05) is 35.0 Å². The Hall–Kier alpha value is -1.43. The molecule has 25 heavy (non-hydrogen) atoms. The minimum atomic E-state index is -1.29. The van der Waals surface area contributed by atoms with Gasteiger partial charge in [0.1, 0.15) is 23.4 Å². The second-order valence-corrected chi connectivity index (χ2v) is 8.20. The average molecular weight is 424 g/mol. The third-order valence-electron chi connectivity index (χ3n) is 3.52. The number of aliphatic carboxylic acids is 1. The number of H-pyrrole nitrogens is 1. The number of fused-ring (bicyclic) bond motifs is 1. The van der Waals surface area contributed by atoms with Crippen molar-refractivity contribution in [1.29, 1.82) is 0 Å². The molecule has 2 amide bonds. The zero-order valence-corrected chi connectivity index (χ0v) is 15.5. The molecule has 0 spiro atoms. The fourth-order valence-electron chi connectivity index (χ4n) is 2.43. The maximum atomic E-state index is 12.3. The smallest absolute Gasteiger partial charge is 0.352 e. The van der Waals surface area contributed by atoms with Crippen LogP contribution in [0.2, 0.25) is 0 Å². The quantitative estimate of drug-likeness (QED) is 0.341. The highest BCUT2D eigenvalue weighted by atomic mass is 35.5. The second-order valence-electron chi connectivity index (χ2n) is 5.04. The summed E-state index contributed by atoms with van der Waals surface area (Å²) in [6.07, 6.45) is 1.42. The van der Waals surface area contributed by atoms with Crippen molar-refractivity contribution in [2.75, 3.05) is 11.5 Å². The number of alkyl halides is 2. The summed E-state index contributed by atoms with van der Waals surface area (Å²) in [5, 5.41) is 19.5. The Kier molecular flexibility index (Phi) is 5.46. The van der Waals surface area contributed by atoms with Gasteiger partial charge in [0, 0.05) is 11.5 Å². The molecule has 3 N–H and O–H groups in total. The number of carboxylic acid groups (broad SMARTS) is 1. The van der Waals surface area contributed by atoms with Crippen LogP contribution in [-0.2, 0) is 14.4 Å².